The first-order chi connectivity index (χ1) is 17.6. The molecule has 1 aliphatic carbocycles. The summed E-state index contributed by atoms with van der Waals surface area (Å²) >= 11 is 6.51. The Morgan fingerprint density at radius 3 is 2.73 bits per heavy atom. The van der Waals surface area contributed by atoms with Gasteiger partial charge in [-0.15, -0.1) is 0 Å². The third-order valence-electron chi connectivity index (χ3n) is 6.06. The lowest BCUT2D eigenvalue weighted by molar-refractivity contribution is 0.168. The van der Waals surface area contributed by atoms with Gasteiger partial charge in [0.2, 0.25) is 16.0 Å². The molecule has 11 nitrogen and oxygen atoms in total. The number of aromatic amines is 1. The van der Waals surface area contributed by atoms with Gasteiger partial charge in [0, 0.05) is 30.3 Å². The topological polar surface area (TPSA) is 151 Å². The van der Waals surface area contributed by atoms with Gasteiger partial charge >= 0.3 is 6.09 Å². The molecule has 1 fully saturated rings. The number of alkyl carbamates (subject to hydrolysis) is 1. The molecule has 3 aromatic rings. The number of aromatic nitrogens is 4. The third kappa shape index (κ3) is 5.84. The molecule has 2 heterocycles. The van der Waals surface area contributed by atoms with Crippen molar-refractivity contribution in [2.24, 2.45) is 0 Å². The summed E-state index contributed by atoms with van der Waals surface area (Å²) in [4.78, 5) is 27.8. The number of anilines is 1. The van der Waals surface area contributed by atoms with E-state index >= 15 is 0 Å². The van der Waals surface area contributed by atoms with E-state index in [-0.39, 0.29) is 39.1 Å². The van der Waals surface area contributed by atoms with Gasteiger partial charge in [0.05, 0.1) is 29.2 Å². The number of methoxy groups -OCH3 is 1. The number of nitrogens with zero attached hydrogens (tertiary/aromatic N) is 3. The van der Waals surface area contributed by atoms with Crippen LogP contribution < -0.4 is 15.4 Å². The number of nitrogens with one attached hydrogen (secondary N) is 4. The van der Waals surface area contributed by atoms with Gasteiger partial charge in [-0.1, -0.05) is 18.0 Å². The number of amides is 1. The minimum Gasteiger partial charge on any atom is -0.453 e. The van der Waals surface area contributed by atoms with Crippen molar-refractivity contribution in [2.75, 3.05) is 26.0 Å². The molecule has 1 aromatic carbocycles. The van der Waals surface area contributed by atoms with Crippen LogP contribution in [0.1, 0.15) is 37.9 Å². The van der Waals surface area contributed by atoms with E-state index in [2.05, 4.69) is 35.0 Å². The van der Waals surface area contributed by atoms with Crippen LogP contribution in [0.15, 0.2) is 29.3 Å². The Kier molecular flexibility index (Phi) is 7.95. The van der Waals surface area contributed by atoms with Gasteiger partial charge in [0.25, 0.3) is 0 Å². The number of rotatable bonds is 9. The highest BCUT2D eigenvalue weighted by Gasteiger charge is 2.28. The van der Waals surface area contributed by atoms with Gasteiger partial charge in [0.1, 0.15) is 16.5 Å². The predicted octanol–water partition coefficient (Wildman–Crippen LogP) is 3.66. The maximum atomic E-state index is 14.6. The SMILES string of the molecule is CNS(=O)(=O)c1cc(F)cc(-c2nc(C3CCC3)[nH]c2-c2ccnc(NC[C@H](C)NC(=O)OC)n2)c1Cl. The Hall–Kier alpha value is -3.29. The van der Waals surface area contributed by atoms with Crippen LogP contribution >= 0.6 is 11.6 Å². The van der Waals surface area contributed by atoms with E-state index in [9.17, 15) is 17.6 Å². The molecule has 0 saturated heterocycles. The molecule has 0 bridgehead atoms. The third-order valence-corrected chi connectivity index (χ3v) is 8.02. The first-order valence-electron chi connectivity index (χ1n) is 11.6. The summed E-state index contributed by atoms with van der Waals surface area (Å²) in [5, 5.41) is 5.54. The van der Waals surface area contributed by atoms with Crippen molar-refractivity contribution in [2.45, 2.75) is 43.0 Å². The second-order valence-electron chi connectivity index (χ2n) is 8.63. The van der Waals surface area contributed by atoms with Gasteiger partial charge in [-0.25, -0.2) is 37.3 Å². The number of carbonyl (C=O) groups is 1. The standard InChI is InChI=1S/C23H27ClFN7O4S/c1-12(29-23(33)36-3)11-28-22-27-8-7-16(30-22)20-19(31-21(32-20)13-5-4-6-13)15-9-14(25)10-17(18(15)24)37(34,35)26-2/h7-10,12-13,26H,4-6,11H2,1-3H3,(H,29,33)(H,31,32)(H,27,28,30)/t12-/m0/s1. The molecule has 0 spiro atoms. The smallest absolute Gasteiger partial charge is 0.407 e. The summed E-state index contributed by atoms with van der Waals surface area (Å²) < 4.78 is 46.4. The molecule has 14 heteroatoms. The van der Waals surface area contributed by atoms with Gasteiger partial charge in [-0.2, -0.15) is 0 Å². The fraction of sp³-hybridized carbons (Fsp3) is 0.391. The molecule has 37 heavy (non-hydrogen) atoms. The van der Waals surface area contributed by atoms with Crippen molar-refractivity contribution in [3.8, 4) is 22.6 Å². The highest BCUT2D eigenvalue weighted by molar-refractivity contribution is 7.89. The van der Waals surface area contributed by atoms with E-state index in [1.807, 2.05) is 0 Å². The van der Waals surface area contributed by atoms with Crippen LogP contribution in [-0.4, -0.2) is 61.2 Å². The molecule has 2 aromatic heterocycles. The van der Waals surface area contributed by atoms with Crippen LogP contribution in [0.2, 0.25) is 5.02 Å². The molecule has 1 aliphatic rings. The Bertz CT molecular complexity index is 1410. The van der Waals surface area contributed by atoms with Crippen LogP contribution in [-0.2, 0) is 14.8 Å². The van der Waals surface area contributed by atoms with Crippen molar-refractivity contribution in [1.82, 2.24) is 30.0 Å². The van der Waals surface area contributed by atoms with E-state index in [1.54, 1.807) is 19.2 Å². The maximum Gasteiger partial charge on any atom is 0.407 e. The van der Waals surface area contributed by atoms with Gasteiger partial charge in [-0.3, -0.25) is 0 Å². The van der Waals surface area contributed by atoms with Gasteiger partial charge < -0.3 is 20.4 Å². The van der Waals surface area contributed by atoms with Crippen LogP contribution in [0.3, 0.4) is 0 Å². The summed E-state index contributed by atoms with van der Waals surface area (Å²) in [6.07, 6.45) is 3.96. The second kappa shape index (κ2) is 11.0. The first-order valence-corrected chi connectivity index (χ1v) is 13.4. The van der Waals surface area contributed by atoms with E-state index in [0.717, 1.165) is 31.4 Å². The molecule has 0 unspecified atom stereocenters. The highest BCUT2D eigenvalue weighted by atomic mass is 35.5. The molecule has 198 valence electrons. The van der Waals surface area contributed by atoms with Gasteiger partial charge in [-0.05, 0) is 45.0 Å². The van der Waals surface area contributed by atoms with Crippen molar-refractivity contribution in [3.63, 3.8) is 0 Å². The summed E-state index contributed by atoms with van der Waals surface area (Å²) in [5.41, 5.74) is 1.30. The fourth-order valence-corrected chi connectivity index (χ4v) is 5.16. The van der Waals surface area contributed by atoms with E-state index in [0.29, 0.717) is 23.8 Å². The summed E-state index contributed by atoms with van der Waals surface area (Å²) in [6.45, 7) is 2.11. The number of hydrogen-bond acceptors (Lipinski definition) is 8. The van der Waals surface area contributed by atoms with Crippen LogP contribution in [0, 0.1) is 5.82 Å². The number of halogens is 2. The van der Waals surface area contributed by atoms with Crippen LogP contribution in [0.25, 0.3) is 22.6 Å². The average Bonchev–Trinajstić information content (AvgIpc) is 3.27. The quantitative estimate of drug-likeness (QED) is 0.314. The lowest BCUT2D eigenvalue weighted by Crippen LogP contribution is -2.37. The molecule has 1 atom stereocenters. The van der Waals surface area contributed by atoms with Crippen LogP contribution in [0.5, 0.6) is 0 Å². The summed E-state index contributed by atoms with van der Waals surface area (Å²) in [6, 6.07) is 3.40. The molecule has 0 radical (unpaired) electrons. The normalized spacial score (nSPS) is 14.6. The molecule has 1 saturated carbocycles. The minimum absolute atomic E-state index is 0.122. The Balaban J connectivity index is 1.74. The maximum absolute atomic E-state index is 14.6. The summed E-state index contributed by atoms with van der Waals surface area (Å²) in [5.74, 6) is 0.402. The second-order valence-corrected chi connectivity index (χ2v) is 10.9. The summed E-state index contributed by atoms with van der Waals surface area (Å²) in [7, 11) is -1.52. The number of hydrogen-bond donors (Lipinski definition) is 4. The number of ether oxygens (including phenoxy) is 1. The largest absolute Gasteiger partial charge is 0.453 e. The monoisotopic (exact) mass is 551 g/mol. The van der Waals surface area contributed by atoms with Crippen molar-refractivity contribution in [3.05, 3.63) is 41.1 Å². The molecule has 4 rings (SSSR count). The Morgan fingerprint density at radius 1 is 1.32 bits per heavy atom. The number of benzene rings is 1. The average molecular weight is 552 g/mol. The number of carbonyl (C=O) groups excluding carboxylic acids is 1. The zero-order chi connectivity index (χ0) is 26.7. The number of sulfonamides is 1. The van der Waals surface area contributed by atoms with Crippen molar-refractivity contribution in [1.29, 1.82) is 0 Å². The van der Waals surface area contributed by atoms with Gasteiger partial charge in [0.15, 0.2) is 0 Å². The predicted molar refractivity (Wildman–Crippen MR) is 136 cm³/mol. The zero-order valence-corrected chi connectivity index (χ0v) is 22.0. The van der Waals surface area contributed by atoms with Crippen molar-refractivity contribution < 1.29 is 22.3 Å². The highest BCUT2D eigenvalue weighted by Crippen LogP contribution is 2.41. The molecular formula is C23H27ClFN7O4S. The zero-order valence-electron chi connectivity index (χ0n) is 20.4. The van der Waals surface area contributed by atoms with Crippen LogP contribution in [0.4, 0.5) is 15.1 Å². The minimum atomic E-state index is -4.03. The molecular weight excluding hydrogens is 525 g/mol. The van der Waals surface area contributed by atoms with Crippen molar-refractivity contribution >= 4 is 33.7 Å². The molecule has 4 N–H and O–H groups in total. The number of H-pyrrole nitrogens is 1. The van der Waals surface area contributed by atoms with E-state index < -0.39 is 21.9 Å². The molecule has 0 aliphatic heterocycles. The molecule has 1 amide bonds. The van der Waals surface area contributed by atoms with E-state index in [4.69, 9.17) is 16.6 Å². The lowest BCUT2D eigenvalue weighted by atomic mass is 9.85. The van der Waals surface area contributed by atoms with E-state index in [1.165, 1.54) is 14.2 Å². The fourth-order valence-electron chi connectivity index (χ4n) is 3.83. The Labute approximate surface area is 218 Å². The lowest BCUT2D eigenvalue weighted by Gasteiger charge is -2.22. The Morgan fingerprint density at radius 2 is 2.08 bits per heavy atom. The first kappa shape index (κ1) is 26.8. The number of imidazole rings is 1.